The van der Waals surface area contributed by atoms with E-state index in [1.807, 2.05) is 30.3 Å². The highest BCUT2D eigenvalue weighted by Crippen LogP contribution is 2.39. The molecule has 5 aromatic carbocycles. The van der Waals surface area contributed by atoms with Crippen LogP contribution in [0.2, 0.25) is 0 Å². The summed E-state index contributed by atoms with van der Waals surface area (Å²) >= 11 is 0. The van der Waals surface area contributed by atoms with Crippen LogP contribution in [0.15, 0.2) is 176 Å². The summed E-state index contributed by atoms with van der Waals surface area (Å²) < 4.78 is 0. The summed E-state index contributed by atoms with van der Waals surface area (Å²) in [6.45, 7) is 0. The average molecular weight is 616 g/mol. The Morgan fingerprint density at radius 1 is 0.271 bits per heavy atom. The molecule has 0 unspecified atom stereocenters. The van der Waals surface area contributed by atoms with Crippen molar-refractivity contribution in [2.75, 3.05) is 0 Å². The molecule has 5 heteroatoms. The third kappa shape index (κ3) is 6.00. The number of pyridine rings is 2. The maximum atomic E-state index is 4.96. The van der Waals surface area contributed by atoms with Gasteiger partial charge >= 0.3 is 0 Å². The topological polar surface area (TPSA) is 64.5 Å². The van der Waals surface area contributed by atoms with Crippen molar-refractivity contribution in [3.05, 3.63) is 176 Å². The Bertz CT molecular complexity index is 2190. The van der Waals surface area contributed by atoms with Gasteiger partial charge in [0, 0.05) is 41.5 Å². The van der Waals surface area contributed by atoms with E-state index in [9.17, 15) is 0 Å². The molecule has 3 aromatic heterocycles. The minimum Gasteiger partial charge on any atom is -0.264 e. The van der Waals surface area contributed by atoms with Crippen LogP contribution in [0.3, 0.4) is 0 Å². The van der Waals surface area contributed by atoms with Crippen LogP contribution in [0.25, 0.3) is 78.7 Å². The molecule has 0 atom stereocenters. The quantitative estimate of drug-likeness (QED) is 0.178. The van der Waals surface area contributed by atoms with E-state index in [0.29, 0.717) is 17.5 Å². The number of benzene rings is 5. The Hall–Kier alpha value is -6.59. The standard InChI is InChI=1S/C43H29N5/c1-4-12-30(13-5-1)36-24-37(31-14-6-2-7-15-31)26-38(25-36)39-21-20-33(27-40(39)32-16-8-3-9-17-32)41-46-42(34-18-10-22-44-28-34)48-43(47-41)35-19-11-23-45-29-35/h1-29H. The maximum absolute atomic E-state index is 4.96. The maximum Gasteiger partial charge on any atom is 0.165 e. The zero-order valence-electron chi connectivity index (χ0n) is 26.0. The Balaban J connectivity index is 1.33. The lowest BCUT2D eigenvalue weighted by Gasteiger charge is -2.16. The van der Waals surface area contributed by atoms with Crippen molar-refractivity contribution < 1.29 is 0 Å². The van der Waals surface area contributed by atoms with Gasteiger partial charge < -0.3 is 0 Å². The van der Waals surface area contributed by atoms with E-state index in [1.165, 1.54) is 11.1 Å². The summed E-state index contributed by atoms with van der Waals surface area (Å²) in [6, 6.07) is 52.6. The van der Waals surface area contributed by atoms with Gasteiger partial charge in [0.1, 0.15) is 0 Å². The number of hydrogen-bond acceptors (Lipinski definition) is 5. The largest absolute Gasteiger partial charge is 0.264 e. The van der Waals surface area contributed by atoms with Gasteiger partial charge in [-0.3, -0.25) is 9.97 Å². The SMILES string of the molecule is c1ccc(-c2cc(-c3ccccc3)cc(-c3ccc(-c4nc(-c5cccnc5)nc(-c5cccnc5)n4)cc3-c3ccccc3)c2)cc1. The monoisotopic (exact) mass is 615 g/mol. The Morgan fingerprint density at radius 2 is 0.708 bits per heavy atom. The van der Waals surface area contributed by atoms with Crippen molar-refractivity contribution in [1.82, 2.24) is 24.9 Å². The molecule has 0 bridgehead atoms. The molecule has 0 amide bonds. The summed E-state index contributed by atoms with van der Waals surface area (Å²) in [6.07, 6.45) is 7.03. The first-order valence-corrected chi connectivity index (χ1v) is 15.8. The minimum absolute atomic E-state index is 0.556. The number of rotatable bonds is 7. The highest BCUT2D eigenvalue weighted by atomic mass is 15.0. The second-order valence-corrected chi connectivity index (χ2v) is 11.4. The van der Waals surface area contributed by atoms with Crippen LogP contribution in [-0.4, -0.2) is 24.9 Å². The van der Waals surface area contributed by atoms with Crippen LogP contribution in [0.1, 0.15) is 0 Å². The van der Waals surface area contributed by atoms with E-state index < -0.39 is 0 Å². The van der Waals surface area contributed by atoms with Gasteiger partial charge in [-0.25, -0.2) is 15.0 Å². The third-order valence-electron chi connectivity index (χ3n) is 8.30. The van der Waals surface area contributed by atoms with Gasteiger partial charge in [-0.05, 0) is 93.0 Å². The van der Waals surface area contributed by atoms with Gasteiger partial charge in [0.15, 0.2) is 17.5 Å². The lowest BCUT2D eigenvalue weighted by Crippen LogP contribution is -2.01. The van der Waals surface area contributed by atoms with Crippen molar-refractivity contribution in [3.8, 4) is 78.7 Å². The number of nitrogens with zero attached hydrogens (tertiary/aromatic N) is 5. The highest BCUT2D eigenvalue weighted by Gasteiger charge is 2.17. The fourth-order valence-corrected chi connectivity index (χ4v) is 5.92. The Labute approximate surface area is 279 Å². The average Bonchev–Trinajstić information content (AvgIpc) is 3.19. The summed E-state index contributed by atoms with van der Waals surface area (Å²) in [5.74, 6) is 1.69. The lowest BCUT2D eigenvalue weighted by atomic mass is 9.88. The smallest absolute Gasteiger partial charge is 0.165 e. The van der Waals surface area contributed by atoms with Crippen molar-refractivity contribution in [2.24, 2.45) is 0 Å². The van der Waals surface area contributed by atoms with E-state index >= 15 is 0 Å². The van der Waals surface area contributed by atoms with Crippen molar-refractivity contribution in [2.45, 2.75) is 0 Å². The molecule has 48 heavy (non-hydrogen) atoms. The summed E-state index contributed by atoms with van der Waals surface area (Å²) in [7, 11) is 0. The third-order valence-corrected chi connectivity index (χ3v) is 8.30. The predicted octanol–water partition coefficient (Wildman–Crippen LogP) is 10.3. The molecule has 226 valence electrons. The van der Waals surface area contributed by atoms with Gasteiger partial charge in [-0.15, -0.1) is 0 Å². The molecule has 0 saturated heterocycles. The van der Waals surface area contributed by atoms with E-state index in [4.69, 9.17) is 15.0 Å². The van der Waals surface area contributed by atoms with E-state index in [2.05, 4.69) is 131 Å². The van der Waals surface area contributed by atoms with Gasteiger partial charge in [-0.2, -0.15) is 0 Å². The summed E-state index contributed by atoms with van der Waals surface area (Å²) in [4.78, 5) is 23.4. The molecule has 0 fully saturated rings. The normalized spacial score (nSPS) is 10.9. The fraction of sp³-hybridized carbons (Fsp3) is 0. The first-order chi connectivity index (χ1) is 23.8. The molecule has 5 nitrogen and oxygen atoms in total. The molecule has 0 aliphatic carbocycles. The lowest BCUT2D eigenvalue weighted by molar-refractivity contribution is 1.07. The van der Waals surface area contributed by atoms with Gasteiger partial charge in [0.05, 0.1) is 0 Å². The zero-order valence-corrected chi connectivity index (χ0v) is 26.0. The Morgan fingerprint density at radius 3 is 1.19 bits per heavy atom. The molecule has 8 rings (SSSR count). The van der Waals surface area contributed by atoms with Crippen molar-refractivity contribution >= 4 is 0 Å². The van der Waals surface area contributed by atoms with Crippen LogP contribution in [-0.2, 0) is 0 Å². The molecule has 8 aromatic rings. The van der Waals surface area contributed by atoms with Crippen molar-refractivity contribution in [1.29, 1.82) is 0 Å². The highest BCUT2D eigenvalue weighted by molar-refractivity contribution is 5.90. The van der Waals surface area contributed by atoms with E-state index in [1.54, 1.807) is 24.8 Å². The second-order valence-electron chi connectivity index (χ2n) is 11.4. The fourth-order valence-electron chi connectivity index (χ4n) is 5.92. The van der Waals surface area contributed by atoms with Gasteiger partial charge in [0.25, 0.3) is 0 Å². The van der Waals surface area contributed by atoms with Crippen LogP contribution in [0.5, 0.6) is 0 Å². The first-order valence-electron chi connectivity index (χ1n) is 15.8. The molecule has 0 saturated carbocycles. The van der Waals surface area contributed by atoms with Crippen LogP contribution < -0.4 is 0 Å². The van der Waals surface area contributed by atoms with Gasteiger partial charge in [-0.1, -0.05) is 103 Å². The van der Waals surface area contributed by atoms with Crippen LogP contribution in [0.4, 0.5) is 0 Å². The molecule has 0 spiro atoms. The number of hydrogen-bond donors (Lipinski definition) is 0. The summed E-state index contributed by atoms with van der Waals surface area (Å²) in [5.41, 5.74) is 11.6. The molecule has 0 aliphatic heterocycles. The van der Waals surface area contributed by atoms with Gasteiger partial charge in [0.2, 0.25) is 0 Å². The molecular formula is C43H29N5. The molecule has 0 radical (unpaired) electrons. The first kappa shape index (κ1) is 28.9. The van der Waals surface area contributed by atoms with E-state index in [0.717, 1.165) is 50.1 Å². The Kier molecular flexibility index (Phi) is 7.83. The number of aromatic nitrogens is 5. The molecule has 3 heterocycles. The van der Waals surface area contributed by atoms with E-state index in [-0.39, 0.29) is 0 Å². The van der Waals surface area contributed by atoms with Crippen LogP contribution in [0, 0.1) is 0 Å². The predicted molar refractivity (Wildman–Crippen MR) is 193 cm³/mol. The second kappa shape index (κ2) is 13.0. The van der Waals surface area contributed by atoms with Crippen molar-refractivity contribution in [3.63, 3.8) is 0 Å². The zero-order chi connectivity index (χ0) is 32.1. The summed E-state index contributed by atoms with van der Waals surface area (Å²) in [5, 5.41) is 0. The molecule has 0 N–H and O–H groups in total. The molecular weight excluding hydrogens is 587 g/mol. The minimum atomic E-state index is 0.556. The van der Waals surface area contributed by atoms with Crippen LogP contribution >= 0.6 is 0 Å². The molecule has 0 aliphatic rings.